The summed E-state index contributed by atoms with van der Waals surface area (Å²) in [5.74, 6) is 0.904. The summed E-state index contributed by atoms with van der Waals surface area (Å²) in [5, 5.41) is 0. The van der Waals surface area contributed by atoms with E-state index in [-0.39, 0.29) is 0 Å². The maximum atomic E-state index is 4.83. The van der Waals surface area contributed by atoms with E-state index in [0.717, 1.165) is 19.1 Å². The molecular formula is C12H28O. The molecule has 0 radical (unpaired) electrons. The zero-order valence-electron chi connectivity index (χ0n) is 10.2. The van der Waals surface area contributed by atoms with Crippen LogP contribution >= 0.6 is 0 Å². The van der Waals surface area contributed by atoms with Crippen molar-refractivity contribution < 1.29 is 4.74 Å². The van der Waals surface area contributed by atoms with Crippen LogP contribution in [0.4, 0.5) is 0 Å². The fraction of sp³-hybridized carbons (Fsp3) is 1.00. The maximum absolute atomic E-state index is 4.83. The Hall–Kier alpha value is -0.0400. The molecule has 1 heteroatoms. The Labute approximate surface area is 84.9 Å². The minimum atomic E-state index is 0.844. The van der Waals surface area contributed by atoms with Gasteiger partial charge in [0.2, 0.25) is 0 Å². The van der Waals surface area contributed by atoms with E-state index in [2.05, 4.69) is 20.8 Å². The normalized spacial score (nSPS) is 9.69. The highest BCUT2D eigenvalue weighted by atomic mass is 16.5. The molecule has 0 atom stereocenters. The average Bonchev–Trinajstić information content (AvgIpc) is 2.07. The van der Waals surface area contributed by atoms with Crippen LogP contribution in [0.25, 0.3) is 0 Å². The molecule has 0 fully saturated rings. The molecule has 0 rings (SSSR count). The lowest BCUT2D eigenvalue weighted by atomic mass is 10.1. The summed E-state index contributed by atoms with van der Waals surface area (Å²) >= 11 is 0. The average molecular weight is 188 g/mol. The topological polar surface area (TPSA) is 9.23 Å². The van der Waals surface area contributed by atoms with Crippen LogP contribution in [0.5, 0.6) is 0 Å². The van der Waals surface area contributed by atoms with Gasteiger partial charge in [-0.05, 0) is 19.8 Å². The fourth-order valence-corrected chi connectivity index (χ4v) is 1.01. The maximum Gasteiger partial charge on any atom is 0.0437 e. The minimum Gasteiger partial charge on any atom is -0.382 e. The molecule has 0 spiro atoms. The predicted molar refractivity (Wildman–Crippen MR) is 61.1 cm³/mol. The van der Waals surface area contributed by atoms with Gasteiger partial charge in [0.15, 0.2) is 0 Å². The van der Waals surface area contributed by atoms with Crippen molar-refractivity contribution in [3.8, 4) is 0 Å². The van der Waals surface area contributed by atoms with E-state index in [0.29, 0.717) is 0 Å². The van der Waals surface area contributed by atoms with Gasteiger partial charge in [0.1, 0.15) is 0 Å². The highest BCUT2D eigenvalue weighted by molar-refractivity contribution is 4.44. The largest absolute Gasteiger partial charge is 0.382 e. The third-order valence-electron chi connectivity index (χ3n) is 1.79. The molecule has 0 unspecified atom stereocenters. The molecule has 0 saturated carbocycles. The Morgan fingerprint density at radius 1 is 0.923 bits per heavy atom. The number of unbranched alkanes of at least 4 members (excludes halogenated alkanes) is 2. The highest BCUT2D eigenvalue weighted by Gasteiger charge is 1.90. The van der Waals surface area contributed by atoms with Gasteiger partial charge in [0, 0.05) is 13.2 Å². The molecular weight excluding hydrogens is 160 g/mol. The lowest BCUT2D eigenvalue weighted by Crippen LogP contribution is -1.85. The van der Waals surface area contributed by atoms with E-state index in [1.54, 1.807) is 0 Å². The van der Waals surface area contributed by atoms with E-state index < -0.39 is 0 Å². The Bertz CT molecular complexity index is 67.5. The Kier molecular flexibility index (Phi) is 17.2. The first-order chi connectivity index (χ1) is 6.18. The van der Waals surface area contributed by atoms with Crippen molar-refractivity contribution in [2.75, 3.05) is 13.2 Å². The number of hydrogen-bond acceptors (Lipinski definition) is 1. The molecule has 0 aliphatic heterocycles. The molecule has 0 aromatic rings. The second-order valence-electron chi connectivity index (χ2n) is 3.67. The highest BCUT2D eigenvalue weighted by Crippen LogP contribution is 2.06. The first-order valence-corrected chi connectivity index (χ1v) is 5.76. The van der Waals surface area contributed by atoms with E-state index in [1.807, 2.05) is 13.8 Å². The van der Waals surface area contributed by atoms with Gasteiger partial charge in [-0.2, -0.15) is 0 Å². The van der Waals surface area contributed by atoms with Crippen LogP contribution in [0, 0.1) is 5.92 Å². The monoisotopic (exact) mass is 188 g/mol. The second-order valence-corrected chi connectivity index (χ2v) is 3.67. The van der Waals surface area contributed by atoms with Gasteiger partial charge >= 0.3 is 0 Å². The SMILES string of the molecule is CCCCCC(C)C.CCOCC. The number of ether oxygens (including phenoxy) is 1. The van der Waals surface area contributed by atoms with Crippen LogP contribution in [-0.2, 0) is 4.74 Å². The van der Waals surface area contributed by atoms with Gasteiger partial charge in [-0.15, -0.1) is 0 Å². The summed E-state index contributed by atoms with van der Waals surface area (Å²) in [5.41, 5.74) is 0. The lowest BCUT2D eigenvalue weighted by Gasteiger charge is -2.00. The second kappa shape index (κ2) is 14.5. The molecule has 0 aliphatic carbocycles. The van der Waals surface area contributed by atoms with Crippen molar-refractivity contribution in [3.05, 3.63) is 0 Å². The molecule has 0 aliphatic rings. The van der Waals surface area contributed by atoms with Gasteiger partial charge in [-0.25, -0.2) is 0 Å². The first kappa shape index (κ1) is 15.4. The van der Waals surface area contributed by atoms with Crippen molar-refractivity contribution in [1.29, 1.82) is 0 Å². The summed E-state index contributed by atoms with van der Waals surface area (Å²) < 4.78 is 4.83. The quantitative estimate of drug-likeness (QED) is 0.566. The Morgan fingerprint density at radius 3 is 1.69 bits per heavy atom. The fourth-order valence-electron chi connectivity index (χ4n) is 1.01. The summed E-state index contributed by atoms with van der Waals surface area (Å²) in [6.45, 7) is 12.5. The van der Waals surface area contributed by atoms with Gasteiger partial charge in [-0.3, -0.25) is 0 Å². The zero-order chi connectivity index (χ0) is 10.5. The van der Waals surface area contributed by atoms with Crippen molar-refractivity contribution in [2.24, 2.45) is 5.92 Å². The Balaban J connectivity index is 0. The van der Waals surface area contributed by atoms with E-state index >= 15 is 0 Å². The molecule has 0 amide bonds. The summed E-state index contributed by atoms with van der Waals surface area (Å²) in [4.78, 5) is 0. The molecule has 0 aromatic carbocycles. The molecule has 13 heavy (non-hydrogen) atoms. The molecule has 0 heterocycles. The molecule has 0 aromatic heterocycles. The van der Waals surface area contributed by atoms with E-state index in [4.69, 9.17) is 4.74 Å². The molecule has 0 N–H and O–H groups in total. The van der Waals surface area contributed by atoms with Gasteiger partial charge in [0.05, 0.1) is 0 Å². The van der Waals surface area contributed by atoms with Gasteiger partial charge < -0.3 is 4.74 Å². The number of hydrogen-bond donors (Lipinski definition) is 0. The van der Waals surface area contributed by atoms with Gasteiger partial charge in [-0.1, -0.05) is 46.5 Å². The smallest absolute Gasteiger partial charge is 0.0437 e. The van der Waals surface area contributed by atoms with Crippen LogP contribution in [0.1, 0.15) is 60.3 Å². The lowest BCUT2D eigenvalue weighted by molar-refractivity contribution is 0.162. The van der Waals surface area contributed by atoms with Crippen molar-refractivity contribution >= 4 is 0 Å². The van der Waals surface area contributed by atoms with Crippen LogP contribution < -0.4 is 0 Å². The zero-order valence-corrected chi connectivity index (χ0v) is 10.2. The van der Waals surface area contributed by atoms with Crippen molar-refractivity contribution in [2.45, 2.75) is 60.3 Å². The first-order valence-electron chi connectivity index (χ1n) is 5.76. The van der Waals surface area contributed by atoms with Gasteiger partial charge in [0.25, 0.3) is 0 Å². The summed E-state index contributed by atoms with van der Waals surface area (Å²) in [6.07, 6.45) is 5.60. The third-order valence-corrected chi connectivity index (χ3v) is 1.79. The molecule has 1 nitrogen and oxygen atoms in total. The molecule has 0 bridgehead atoms. The van der Waals surface area contributed by atoms with Crippen LogP contribution in [0.15, 0.2) is 0 Å². The van der Waals surface area contributed by atoms with Crippen LogP contribution in [0.2, 0.25) is 0 Å². The number of rotatable bonds is 6. The van der Waals surface area contributed by atoms with Crippen LogP contribution in [0.3, 0.4) is 0 Å². The Morgan fingerprint density at radius 2 is 1.46 bits per heavy atom. The van der Waals surface area contributed by atoms with Crippen molar-refractivity contribution in [3.63, 3.8) is 0 Å². The van der Waals surface area contributed by atoms with E-state index in [9.17, 15) is 0 Å². The predicted octanol–water partition coefficient (Wildman–Crippen LogP) is 4.27. The third kappa shape index (κ3) is 24.5. The van der Waals surface area contributed by atoms with Crippen molar-refractivity contribution in [1.82, 2.24) is 0 Å². The van der Waals surface area contributed by atoms with Crippen LogP contribution in [-0.4, -0.2) is 13.2 Å². The molecule has 82 valence electrons. The minimum absolute atomic E-state index is 0.844. The van der Waals surface area contributed by atoms with E-state index in [1.165, 1.54) is 25.7 Å². The standard InChI is InChI=1S/C8H18.C4H10O/c1-4-5-6-7-8(2)3;1-3-5-4-2/h8H,4-7H2,1-3H3;3-4H2,1-2H3. The summed E-state index contributed by atoms with van der Waals surface area (Å²) in [6, 6.07) is 0. The summed E-state index contributed by atoms with van der Waals surface area (Å²) in [7, 11) is 0. The molecule has 0 saturated heterocycles.